The number of amides is 1. The number of hydrogen-bond acceptors (Lipinski definition) is 7. The summed E-state index contributed by atoms with van der Waals surface area (Å²) in [5.74, 6) is -0.869. The quantitative estimate of drug-likeness (QED) is 0.221. The van der Waals surface area contributed by atoms with Crippen molar-refractivity contribution in [2.24, 2.45) is 0 Å². The number of rotatable bonds is 7. The maximum atomic E-state index is 13.8. The maximum Gasteiger partial charge on any atom is 0.243 e. The van der Waals surface area contributed by atoms with Crippen LogP contribution in [0.1, 0.15) is 28.8 Å². The van der Waals surface area contributed by atoms with Crippen LogP contribution in [0.5, 0.6) is 0 Å². The van der Waals surface area contributed by atoms with Crippen LogP contribution in [-0.2, 0) is 34.3 Å². The third-order valence-corrected chi connectivity index (χ3v) is 12.2. The molecule has 0 bridgehead atoms. The summed E-state index contributed by atoms with van der Waals surface area (Å²) in [6, 6.07) is 22.3. The van der Waals surface area contributed by atoms with Crippen molar-refractivity contribution in [2.45, 2.75) is 43.3 Å². The third kappa shape index (κ3) is 5.51. The molecule has 1 atom stereocenters. The minimum Gasteiger partial charge on any atom is -0.316 e. The molecular formula is C32H29FN4O3S3. The number of anilines is 1. The lowest BCUT2D eigenvalue weighted by Gasteiger charge is -2.27. The van der Waals surface area contributed by atoms with E-state index in [1.165, 1.54) is 32.4 Å². The summed E-state index contributed by atoms with van der Waals surface area (Å²) in [4.78, 5) is 22.4. The predicted octanol–water partition coefficient (Wildman–Crippen LogP) is 6.51. The monoisotopic (exact) mass is 632 g/mol. The molecule has 5 aromatic rings. The lowest BCUT2D eigenvalue weighted by Crippen LogP contribution is -2.43. The van der Waals surface area contributed by atoms with Crippen molar-refractivity contribution in [3.63, 3.8) is 0 Å². The first kappa shape index (κ1) is 28.3. The molecule has 7 nitrogen and oxygen atoms in total. The molecule has 2 aliphatic heterocycles. The normalized spacial score (nSPS) is 17.7. The van der Waals surface area contributed by atoms with Crippen molar-refractivity contribution >= 4 is 53.8 Å². The van der Waals surface area contributed by atoms with Crippen LogP contribution in [0.15, 0.2) is 83.8 Å². The number of carbonyl (C=O) groups is 1. The highest BCUT2D eigenvalue weighted by Gasteiger charge is 2.40. The topological polar surface area (TPSA) is 82.6 Å². The zero-order valence-corrected chi connectivity index (χ0v) is 25.7. The highest BCUT2D eigenvalue weighted by molar-refractivity contribution is 7.89. The Morgan fingerprint density at radius 1 is 0.977 bits per heavy atom. The third-order valence-electron chi connectivity index (χ3n) is 8.06. The average Bonchev–Trinajstić information content (AvgIpc) is 3.74. The molecule has 1 amide bonds. The summed E-state index contributed by atoms with van der Waals surface area (Å²) in [6.45, 7) is 2.72. The van der Waals surface area contributed by atoms with E-state index < -0.39 is 21.9 Å². The molecule has 220 valence electrons. The molecule has 2 aliphatic rings. The molecule has 43 heavy (non-hydrogen) atoms. The SMILES string of the molecule is O=C(Nc1sc2c(c1-c1nc3ccccc3s1)CCN(Cc1ccccc1)C2)C1CCCN1S(=O)(=O)c1ccc(F)cc1. The van der Waals surface area contributed by atoms with Gasteiger partial charge in [0.2, 0.25) is 15.9 Å². The Kier molecular flexibility index (Phi) is 7.60. The molecule has 1 saturated heterocycles. The number of aromatic nitrogens is 1. The van der Waals surface area contributed by atoms with E-state index in [4.69, 9.17) is 4.98 Å². The van der Waals surface area contributed by atoms with E-state index in [-0.39, 0.29) is 17.3 Å². The second-order valence-electron chi connectivity index (χ2n) is 10.9. The van der Waals surface area contributed by atoms with Crippen molar-refractivity contribution in [1.29, 1.82) is 0 Å². The van der Waals surface area contributed by atoms with E-state index >= 15 is 0 Å². The number of nitrogens with zero attached hydrogens (tertiary/aromatic N) is 3. The number of carbonyl (C=O) groups excluding carboxylic acids is 1. The summed E-state index contributed by atoms with van der Waals surface area (Å²) in [6.07, 6.45) is 1.81. The van der Waals surface area contributed by atoms with Crippen LogP contribution in [-0.4, -0.2) is 47.6 Å². The lowest BCUT2D eigenvalue weighted by atomic mass is 10.0. The molecule has 0 radical (unpaired) electrons. The zero-order chi connectivity index (χ0) is 29.6. The van der Waals surface area contributed by atoms with Crippen molar-refractivity contribution in [3.8, 4) is 10.6 Å². The Labute approximate surface area is 257 Å². The van der Waals surface area contributed by atoms with Crippen LogP contribution in [0.25, 0.3) is 20.8 Å². The molecule has 0 saturated carbocycles. The number of thiazole rings is 1. The van der Waals surface area contributed by atoms with Crippen molar-refractivity contribution in [1.82, 2.24) is 14.2 Å². The molecule has 4 heterocycles. The van der Waals surface area contributed by atoms with Gasteiger partial charge in [-0.2, -0.15) is 4.31 Å². The van der Waals surface area contributed by atoms with Crippen LogP contribution in [0.3, 0.4) is 0 Å². The smallest absolute Gasteiger partial charge is 0.243 e. The molecule has 1 unspecified atom stereocenters. The fourth-order valence-corrected chi connectivity index (χ4v) is 10.0. The van der Waals surface area contributed by atoms with Gasteiger partial charge in [-0.15, -0.1) is 22.7 Å². The Bertz CT molecular complexity index is 1870. The molecule has 3 aromatic carbocycles. The maximum absolute atomic E-state index is 13.8. The number of nitrogens with one attached hydrogen (secondary N) is 1. The number of sulfonamides is 1. The van der Waals surface area contributed by atoms with Gasteiger partial charge in [-0.3, -0.25) is 9.69 Å². The molecular weight excluding hydrogens is 604 g/mol. The Balaban J connectivity index is 1.21. The first-order valence-corrected chi connectivity index (χ1v) is 17.3. The van der Waals surface area contributed by atoms with Gasteiger partial charge in [0.25, 0.3) is 0 Å². The summed E-state index contributed by atoms with van der Waals surface area (Å²) >= 11 is 3.16. The molecule has 1 N–H and O–H groups in total. The Hall–Kier alpha value is -3.48. The molecule has 0 spiro atoms. The van der Waals surface area contributed by atoms with Crippen molar-refractivity contribution in [2.75, 3.05) is 18.4 Å². The van der Waals surface area contributed by atoms with Gasteiger partial charge in [0, 0.05) is 36.6 Å². The van der Waals surface area contributed by atoms with E-state index in [0.717, 1.165) is 59.0 Å². The van der Waals surface area contributed by atoms with Crippen molar-refractivity contribution < 1.29 is 17.6 Å². The lowest BCUT2D eigenvalue weighted by molar-refractivity contribution is -0.119. The first-order chi connectivity index (χ1) is 20.9. The summed E-state index contributed by atoms with van der Waals surface area (Å²) in [5, 5.41) is 4.71. The summed E-state index contributed by atoms with van der Waals surface area (Å²) < 4.78 is 42.7. The van der Waals surface area contributed by atoms with Gasteiger partial charge in [0.15, 0.2) is 0 Å². The number of thiophene rings is 1. The second kappa shape index (κ2) is 11.5. The van der Waals surface area contributed by atoms with Gasteiger partial charge >= 0.3 is 0 Å². The van der Waals surface area contributed by atoms with Crippen molar-refractivity contribution in [3.05, 3.63) is 101 Å². The first-order valence-electron chi connectivity index (χ1n) is 14.2. The van der Waals surface area contributed by atoms with E-state index in [1.807, 2.05) is 30.3 Å². The number of hydrogen-bond donors (Lipinski definition) is 1. The standard InChI is InChI=1S/C32H29FN4O3S3/c33-22-12-14-23(15-13-22)43(39,40)37-17-6-10-26(37)30(38)35-32-29(31-34-25-9-4-5-11-27(25)41-31)24-16-18-36(20-28(24)42-32)19-21-7-2-1-3-8-21/h1-5,7-9,11-15,26H,6,10,16-20H2,(H,35,38). The predicted molar refractivity (Wildman–Crippen MR) is 169 cm³/mol. The minimum absolute atomic E-state index is 0.0196. The van der Waals surface area contributed by atoms with E-state index in [1.54, 1.807) is 22.7 Å². The molecule has 1 fully saturated rings. The summed E-state index contributed by atoms with van der Waals surface area (Å²) in [5.41, 5.74) is 4.31. The number of fused-ring (bicyclic) bond motifs is 2. The molecule has 7 rings (SSSR count). The largest absolute Gasteiger partial charge is 0.316 e. The molecule has 2 aromatic heterocycles. The Morgan fingerprint density at radius 2 is 1.74 bits per heavy atom. The average molecular weight is 633 g/mol. The highest BCUT2D eigenvalue weighted by atomic mass is 32.2. The number of benzene rings is 3. The molecule has 0 aliphatic carbocycles. The fraction of sp³-hybridized carbons (Fsp3) is 0.250. The van der Waals surface area contributed by atoms with Crippen LogP contribution < -0.4 is 5.32 Å². The van der Waals surface area contributed by atoms with Gasteiger partial charge < -0.3 is 5.32 Å². The summed E-state index contributed by atoms with van der Waals surface area (Å²) in [7, 11) is -3.97. The zero-order valence-electron chi connectivity index (χ0n) is 23.2. The van der Waals surface area contributed by atoms with Gasteiger partial charge in [-0.1, -0.05) is 42.5 Å². The van der Waals surface area contributed by atoms with Crippen LogP contribution in [0, 0.1) is 5.82 Å². The van der Waals surface area contributed by atoms with Crippen LogP contribution in [0.4, 0.5) is 9.39 Å². The van der Waals surface area contributed by atoms with Gasteiger partial charge in [0.1, 0.15) is 21.9 Å². The van der Waals surface area contributed by atoms with Gasteiger partial charge in [-0.05, 0) is 66.8 Å². The van der Waals surface area contributed by atoms with Gasteiger partial charge in [0.05, 0.1) is 15.1 Å². The number of para-hydroxylation sites is 1. The fourth-order valence-electron chi connectivity index (χ4n) is 5.95. The van der Waals surface area contributed by atoms with E-state index in [9.17, 15) is 17.6 Å². The Morgan fingerprint density at radius 3 is 2.53 bits per heavy atom. The molecule has 11 heteroatoms. The van der Waals surface area contributed by atoms with E-state index in [0.29, 0.717) is 17.8 Å². The number of halogens is 1. The van der Waals surface area contributed by atoms with Crippen LogP contribution >= 0.6 is 22.7 Å². The van der Waals surface area contributed by atoms with Gasteiger partial charge in [-0.25, -0.2) is 17.8 Å². The van der Waals surface area contributed by atoms with E-state index in [2.05, 4.69) is 34.5 Å². The highest BCUT2D eigenvalue weighted by Crippen LogP contribution is 2.46. The second-order valence-corrected chi connectivity index (χ2v) is 14.9. The minimum atomic E-state index is -3.97. The van der Waals surface area contributed by atoms with Crippen LogP contribution in [0.2, 0.25) is 0 Å².